The Bertz CT molecular complexity index is 1400. The first-order valence-electron chi connectivity index (χ1n) is 10.4. The van der Waals surface area contributed by atoms with Gasteiger partial charge in [0.1, 0.15) is 0 Å². The third-order valence-corrected chi connectivity index (χ3v) is 5.26. The number of halogens is 3. The van der Waals surface area contributed by atoms with Crippen LogP contribution < -0.4 is 11.1 Å². The molecule has 0 aliphatic carbocycles. The molecule has 178 valence electrons. The molecule has 0 saturated heterocycles. The smallest absolute Gasteiger partial charge is 0.408 e. The Balaban J connectivity index is 1.68. The quantitative estimate of drug-likeness (QED) is 0.459. The third-order valence-electron chi connectivity index (χ3n) is 5.26. The van der Waals surface area contributed by atoms with Gasteiger partial charge in [-0.25, -0.2) is 9.48 Å². The van der Waals surface area contributed by atoms with E-state index in [1.165, 1.54) is 34.9 Å². The van der Waals surface area contributed by atoms with Gasteiger partial charge in [0, 0.05) is 18.8 Å². The highest BCUT2D eigenvalue weighted by atomic mass is 19.4. The summed E-state index contributed by atoms with van der Waals surface area (Å²) in [5.41, 5.74) is 0.211. The predicted molar refractivity (Wildman–Crippen MR) is 120 cm³/mol. The number of oxazole rings is 1. The number of aromatic nitrogens is 3. The minimum atomic E-state index is -4.82. The normalized spacial score (nSPS) is 12.0. The van der Waals surface area contributed by atoms with Gasteiger partial charge in [-0.3, -0.25) is 9.36 Å². The lowest BCUT2D eigenvalue weighted by molar-refractivity contribution is -0.143. The van der Waals surface area contributed by atoms with Crippen LogP contribution in [0.5, 0.6) is 0 Å². The Morgan fingerprint density at radius 3 is 2.50 bits per heavy atom. The van der Waals surface area contributed by atoms with Crippen LogP contribution in [-0.2, 0) is 12.7 Å². The summed E-state index contributed by atoms with van der Waals surface area (Å²) in [5, 5.41) is 6.30. The first-order chi connectivity index (χ1) is 16.0. The summed E-state index contributed by atoms with van der Waals surface area (Å²) < 4.78 is 49.1. The summed E-state index contributed by atoms with van der Waals surface area (Å²) in [4.78, 5) is 26.9. The van der Waals surface area contributed by atoms with E-state index in [4.69, 9.17) is 4.42 Å². The molecule has 4 aromatic rings. The van der Waals surface area contributed by atoms with E-state index < -0.39 is 29.1 Å². The van der Waals surface area contributed by atoms with Crippen LogP contribution in [0.15, 0.2) is 57.9 Å². The average Bonchev–Trinajstić information content (AvgIpc) is 3.34. The van der Waals surface area contributed by atoms with Crippen LogP contribution in [0.3, 0.4) is 0 Å². The van der Waals surface area contributed by atoms with Crippen molar-refractivity contribution in [1.29, 1.82) is 0 Å². The first-order valence-corrected chi connectivity index (χ1v) is 10.4. The van der Waals surface area contributed by atoms with E-state index in [0.717, 1.165) is 11.8 Å². The van der Waals surface area contributed by atoms with Gasteiger partial charge in [0.05, 0.1) is 23.0 Å². The zero-order valence-corrected chi connectivity index (χ0v) is 18.7. The van der Waals surface area contributed by atoms with Crippen molar-refractivity contribution in [3.63, 3.8) is 0 Å². The van der Waals surface area contributed by atoms with Gasteiger partial charge in [0.15, 0.2) is 11.3 Å². The van der Waals surface area contributed by atoms with Gasteiger partial charge >= 0.3 is 11.9 Å². The van der Waals surface area contributed by atoms with Crippen LogP contribution in [0.25, 0.3) is 16.8 Å². The second kappa shape index (κ2) is 8.82. The highest BCUT2D eigenvalue weighted by molar-refractivity contribution is 6.05. The van der Waals surface area contributed by atoms with Gasteiger partial charge in [-0.2, -0.15) is 18.3 Å². The minimum Gasteiger partial charge on any atom is -0.408 e. The van der Waals surface area contributed by atoms with Crippen LogP contribution >= 0.6 is 0 Å². The van der Waals surface area contributed by atoms with Crippen molar-refractivity contribution in [2.24, 2.45) is 0 Å². The first kappa shape index (κ1) is 23.3. The molecule has 1 N–H and O–H groups in total. The monoisotopic (exact) mass is 473 g/mol. The van der Waals surface area contributed by atoms with Crippen molar-refractivity contribution >= 4 is 22.7 Å². The molecule has 1 amide bonds. The number of rotatable bonds is 6. The number of nitrogens with zero attached hydrogens (tertiary/aromatic N) is 4. The van der Waals surface area contributed by atoms with Crippen molar-refractivity contribution in [1.82, 2.24) is 19.2 Å². The number of likely N-dealkylation sites (N-methyl/N-ethyl adjacent to an activating group) is 1. The van der Waals surface area contributed by atoms with Gasteiger partial charge in [-0.15, -0.1) is 0 Å². The SMILES string of the molecule is Cc1ccc(-n2ncc(C(=O)Nc3ccc4oc(=O)n(CCN(C)C)c4c3)c2C(F)(F)F)cc1. The highest BCUT2D eigenvalue weighted by Crippen LogP contribution is 2.34. The number of alkyl halides is 3. The lowest BCUT2D eigenvalue weighted by atomic mass is 10.2. The summed E-state index contributed by atoms with van der Waals surface area (Å²) in [6, 6.07) is 10.7. The molecule has 2 aromatic heterocycles. The molecule has 0 atom stereocenters. The number of benzene rings is 2. The number of carbonyl (C=O) groups excluding carboxylic acids is 1. The van der Waals surface area contributed by atoms with Crippen LogP contribution in [0.2, 0.25) is 0 Å². The Morgan fingerprint density at radius 2 is 1.85 bits per heavy atom. The van der Waals surface area contributed by atoms with E-state index in [1.807, 2.05) is 25.9 Å². The molecule has 0 bridgehead atoms. The van der Waals surface area contributed by atoms with E-state index in [1.54, 1.807) is 12.1 Å². The van der Waals surface area contributed by atoms with E-state index >= 15 is 0 Å². The maximum atomic E-state index is 13.9. The minimum absolute atomic E-state index is 0.182. The number of carbonyl (C=O) groups is 1. The number of hydrogen-bond donors (Lipinski definition) is 1. The maximum absolute atomic E-state index is 13.9. The number of amides is 1. The van der Waals surface area contributed by atoms with Gasteiger partial charge in [0.25, 0.3) is 5.91 Å². The maximum Gasteiger partial charge on any atom is 0.434 e. The van der Waals surface area contributed by atoms with Crippen LogP contribution in [0.1, 0.15) is 21.6 Å². The summed E-state index contributed by atoms with van der Waals surface area (Å²) in [6.45, 7) is 2.73. The molecule has 4 rings (SSSR count). The molecule has 0 saturated carbocycles. The van der Waals surface area contributed by atoms with Gasteiger partial charge < -0.3 is 14.6 Å². The van der Waals surface area contributed by atoms with Crippen molar-refractivity contribution in [2.45, 2.75) is 19.6 Å². The fourth-order valence-electron chi connectivity index (χ4n) is 3.52. The van der Waals surface area contributed by atoms with E-state index in [9.17, 15) is 22.8 Å². The summed E-state index contributed by atoms with van der Waals surface area (Å²) in [7, 11) is 3.71. The molecule has 0 aliphatic heterocycles. The molecule has 11 heteroatoms. The number of fused-ring (bicyclic) bond motifs is 1. The lowest BCUT2D eigenvalue weighted by Crippen LogP contribution is -2.23. The molecule has 0 unspecified atom stereocenters. The van der Waals surface area contributed by atoms with Gasteiger partial charge in [0.2, 0.25) is 0 Å². The second-order valence-electron chi connectivity index (χ2n) is 8.11. The molecule has 0 aliphatic rings. The molecule has 2 aromatic carbocycles. The number of hydrogen-bond acceptors (Lipinski definition) is 5. The summed E-state index contributed by atoms with van der Waals surface area (Å²) >= 11 is 0. The average molecular weight is 473 g/mol. The molecule has 0 fully saturated rings. The zero-order chi connectivity index (χ0) is 24.6. The fraction of sp³-hybridized carbons (Fsp3) is 0.261. The number of nitrogens with one attached hydrogen (secondary N) is 1. The topological polar surface area (TPSA) is 85.3 Å². The lowest BCUT2D eigenvalue weighted by Gasteiger charge is -2.13. The molecule has 0 radical (unpaired) electrons. The largest absolute Gasteiger partial charge is 0.434 e. The Labute approximate surface area is 192 Å². The fourth-order valence-corrected chi connectivity index (χ4v) is 3.52. The number of anilines is 1. The standard InChI is InChI=1S/C23H22F3N5O3/c1-14-4-7-16(8-5-14)31-20(23(24,25)26)17(13-27-31)21(32)28-15-6-9-19-18(12-15)30(22(33)34-19)11-10-29(2)3/h4-9,12-13H,10-11H2,1-3H3,(H,28,32). The van der Waals surface area contributed by atoms with Crippen molar-refractivity contribution in [2.75, 3.05) is 26.0 Å². The molecule has 2 heterocycles. The number of aryl methyl sites for hydroxylation is 1. The van der Waals surface area contributed by atoms with Crippen LogP contribution in [0, 0.1) is 6.92 Å². The Morgan fingerprint density at radius 1 is 1.15 bits per heavy atom. The van der Waals surface area contributed by atoms with Crippen molar-refractivity contribution < 1.29 is 22.4 Å². The van der Waals surface area contributed by atoms with Crippen LogP contribution in [-0.4, -0.2) is 45.8 Å². The molecule has 34 heavy (non-hydrogen) atoms. The second-order valence-corrected chi connectivity index (χ2v) is 8.11. The molecular weight excluding hydrogens is 451 g/mol. The van der Waals surface area contributed by atoms with Gasteiger partial charge in [-0.1, -0.05) is 17.7 Å². The Kier molecular flexibility index (Phi) is 6.05. The zero-order valence-electron chi connectivity index (χ0n) is 18.7. The predicted octanol–water partition coefficient (Wildman–Crippen LogP) is 3.92. The Hall–Kier alpha value is -3.86. The van der Waals surface area contributed by atoms with E-state index in [2.05, 4.69) is 10.4 Å². The highest BCUT2D eigenvalue weighted by Gasteiger charge is 2.40. The van der Waals surface area contributed by atoms with Crippen molar-refractivity contribution in [3.05, 3.63) is 76.0 Å². The van der Waals surface area contributed by atoms with Crippen LogP contribution in [0.4, 0.5) is 18.9 Å². The molecular formula is C23H22F3N5O3. The summed E-state index contributed by atoms with van der Waals surface area (Å²) in [6.07, 6.45) is -3.93. The molecule has 0 spiro atoms. The van der Waals surface area contributed by atoms with E-state index in [-0.39, 0.29) is 11.4 Å². The molecule has 8 nitrogen and oxygen atoms in total. The van der Waals surface area contributed by atoms with Crippen molar-refractivity contribution in [3.8, 4) is 5.69 Å². The third kappa shape index (κ3) is 4.60. The van der Waals surface area contributed by atoms with Gasteiger partial charge in [-0.05, 0) is 51.4 Å². The van der Waals surface area contributed by atoms with E-state index in [0.29, 0.717) is 28.9 Å². The summed E-state index contributed by atoms with van der Waals surface area (Å²) in [5.74, 6) is -1.53.